The maximum atomic E-state index is 13.3. The van der Waals surface area contributed by atoms with Gasteiger partial charge in [0.15, 0.2) is 0 Å². The fourth-order valence-corrected chi connectivity index (χ4v) is 4.22. The Labute approximate surface area is 203 Å². The van der Waals surface area contributed by atoms with Gasteiger partial charge in [-0.2, -0.15) is 0 Å². The molecule has 0 bridgehead atoms. The Morgan fingerprint density at radius 1 is 0.857 bits per heavy atom. The number of carbonyl (C=O) groups excluding carboxylic acids is 1. The lowest BCUT2D eigenvalue weighted by Crippen LogP contribution is -2.25. The van der Waals surface area contributed by atoms with Gasteiger partial charge in [-0.1, -0.05) is 71.8 Å². The van der Waals surface area contributed by atoms with Gasteiger partial charge in [-0.3, -0.25) is 18.6 Å². The van der Waals surface area contributed by atoms with Gasteiger partial charge in [-0.05, 0) is 37.1 Å². The second-order valence-corrected chi connectivity index (χ2v) is 8.91. The third-order valence-electron chi connectivity index (χ3n) is 6.22. The third-order valence-corrected chi connectivity index (χ3v) is 6.22. The van der Waals surface area contributed by atoms with Crippen LogP contribution in [-0.4, -0.2) is 25.1 Å². The number of nitrogens with one attached hydrogen (secondary N) is 1. The summed E-state index contributed by atoms with van der Waals surface area (Å²) >= 11 is 0. The molecule has 35 heavy (non-hydrogen) atoms. The number of fused-ring (bicyclic) bond motifs is 3. The average molecular weight is 466 g/mol. The van der Waals surface area contributed by atoms with Crippen LogP contribution in [0.15, 0.2) is 77.6 Å². The molecule has 1 N–H and O–H groups in total. The highest BCUT2D eigenvalue weighted by atomic mass is 16.1. The number of amides is 1. The van der Waals surface area contributed by atoms with E-state index in [4.69, 9.17) is 0 Å². The highest BCUT2D eigenvalue weighted by Gasteiger charge is 2.17. The highest BCUT2D eigenvalue weighted by molar-refractivity contribution is 5.80. The molecule has 0 fully saturated rings. The largest absolute Gasteiger partial charge is 0.352 e. The van der Waals surface area contributed by atoms with Crippen molar-refractivity contribution in [2.24, 2.45) is 0 Å². The Hall–Kier alpha value is -4.26. The second kappa shape index (κ2) is 9.54. The first-order chi connectivity index (χ1) is 17.0. The van der Waals surface area contributed by atoms with E-state index >= 15 is 0 Å². The molecule has 0 spiro atoms. The van der Waals surface area contributed by atoms with Crippen LogP contribution >= 0.6 is 0 Å². The van der Waals surface area contributed by atoms with Crippen molar-refractivity contribution < 1.29 is 4.79 Å². The lowest BCUT2D eigenvalue weighted by Gasteiger charge is -2.12. The molecule has 2 heterocycles. The van der Waals surface area contributed by atoms with Crippen molar-refractivity contribution in [1.29, 1.82) is 0 Å². The monoisotopic (exact) mass is 465 g/mol. The third kappa shape index (κ3) is 4.71. The molecule has 0 radical (unpaired) electrons. The summed E-state index contributed by atoms with van der Waals surface area (Å²) in [5.41, 5.74) is 5.05. The number of carbonyl (C=O) groups is 1. The Morgan fingerprint density at radius 2 is 1.51 bits per heavy atom. The molecule has 3 aromatic carbocycles. The topological polar surface area (TPSA) is 81.3 Å². The lowest BCUT2D eigenvalue weighted by atomic mass is 10.1. The van der Waals surface area contributed by atoms with Gasteiger partial charge < -0.3 is 5.32 Å². The van der Waals surface area contributed by atoms with E-state index in [0.29, 0.717) is 36.5 Å². The van der Waals surface area contributed by atoms with Crippen LogP contribution in [0.4, 0.5) is 0 Å². The van der Waals surface area contributed by atoms with Gasteiger partial charge in [-0.15, -0.1) is 10.2 Å². The SMILES string of the molecule is Cc1ccc(CNC(=O)CCc2nnc3n(Cc4ccc(C)cc4)c(=O)c4ccccc4n23)cc1. The first-order valence-corrected chi connectivity index (χ1v) is 11.7. The Bertz CT molecular complexity index is 1560. The minimum absolute atomic E-state index is 0.0559. The minimum atomic E-state index is -0.108. The van der Waals surface area contributed by atoms with E-state index in [1.165, 1.54) is 5.56 Å². The number of hydrogen-bond acceptors (Lipinski definition) is 4. The predicted molar refractivity (Wildman–Crippen MR) is 136 cm³/mol. The minimum Gasteiger partial charge on any atom is -0.352 e. The first-order valence-electron chi connectivity index (χ1n) is 11.7. The fraction of sp³-hybridized carbons (Fsp3) is 0.214. The molecule has 0 aliphatic heterocycles. The Kier molecular flexibility index (Phi) is 6.14. The van der Waals surface area contributed by atoms with E-state index < -0.39 is 0 Å². The zero-order valence-electron chi connectivity index (χ0n) is 19.9. The molecule has 0 aliphatic carbocycles. The van der Waals surface area contributed by atoms with Gasteiger partial charge in [0, 0.05) is 19.4 Å². The molecule has 2 aromatic heterocycles. The number of hydrogen-bond donors (Lipinski definition) is 1. The standard InChI is InChI=1S/C28H27N5O2/c1-19-7-11-21(12-8-19)17-29-26(34)16-15-25-30-31-28-32(18-22-13-9-20(2)10-14-22)27(35)23-5-3-4-6-24(23)33(25)28/h3-14H,15-18H2,1-2H3,(H,29,34). The van der Waals surface area contributed by atoms with E-state index in [1.54, 1.807) is 4.57 Å². The molecule has 0 aliphatic rings. The summed E-state index contributed by atoms with van der Waals surface area (Å²) in [4.78, 5) is 25.9. The van der Waals surface area contributed by atoms with Crippen molar-refractivity contribution >= 4 is 22.6 Å². The normalized spacial score (nSPS) is 11.3. The van der Waals surface area contributed by atoms with Crippen LogP contribution in [0.25, 0.3) is 16.7 Å². The second-order valence-electron chi connectivity index (χ2n) is 8.91. The maximum absolute atomic E-state index is 13.3. The molecule has 176 valence electrons. The number of nitrogens with zero attached hydrogens (tertiary/aromatic N) is 4. The number of benzene rings is 3. The zero-order chi connectivity index (χ0) is 24.4. The summed E-state index contributed by atoms with van der Waals surface area (Å²) in [5.74, 6) is 1.07. The van der Waals surface area contributed by atoms with Crippen molar-refractivity contribution in [2.75, 3.05) is 0 Å². The molecular weight excluding hydrogens is 438 g/mol. The van der Waals surface area contributed by atoms with Crippen molar-refractivity contribution in [3.63, 3.8) is 0 Å². The molecule has 0 saturated carbocycles. The van der Waals surface area contributed by atoms with Gasteiger partial charge in [-0.25, -0.2) is 0 Å². The molecule has 0 atom stereocenters. The smallest absolute Gasteiger partial charge is 0.263 e. The number of para-hydroxylation sites is 1. The molecule has 5 rings (SSSR count). The zero-order valence-corrected chi connectivity index (χ0v) is 19.9. The molecule has 0 saturated heterocycles. The summed E-state index contributed by atoms with van der Waals surface area (Å²) in [6.45, 7) is 4.95. The van der Waals surface area contributed by atoms with E-state index in [2.05, 4.69) is 15.5 Å². The van der Waals surface area contributed by atoms with Crippen LogP contribution in [0.3, 0.4) is 0 Å². The number of aryl methyl sites for hydroxylation is 3. The highest BCUT2D eigenvalue weighted by Crippen LogP contribution is 2.17. The van der Waals surface area contributed by atoms with E-state index in [9.17, 15) is 9.59 Å². The van der Waals surface area contributed by atoms with Gasteiger partial charge in [0.2, 0.25) is 11.7 Å². The molecule has 7 nitrogen and oxygen atoms in total. The van der Waals surface area contributed by atoms with E-state index in [1.807, 2.05) is 91.0 Å². The summed E-state index contributed by atoms with van der Waals surface area (Å²) in [5, 5.41) is 12.3. The lowest BCUT2D eigenvalue weighted by molar-refractivity contribution is -0.121. The van der Waals surface area contributed by atoms with Crippen molar-refractivity contribution in [3.05, 3.63) is 111 Å². The Balaban J connectivity index is 1.42. The summed E-state index contributed by atoms with van der Waals surface area (Å²) in [6, 6.07) is 23.7. The van der Waals surface area contributed by atoms with Crippen LogP contribution in [0.5, 0.6) is 0 Å². The van der Waals surface area contributed by atoms with Crippen molar-refractivity contribution in [2.45, 2.75) is 39.8 Å². The Morgan fingerprint density at radius 3 is 2.23 bits per heavy atom. The van der Waals surface area contributed by atoms with Crippen LogP contribution in [0.2, 0.25) is 0 Å². The van der Waals surface area contributed by atoms with E-state index in [0.717, 1.165) is 22.2 Å². The van der Waals surface area contributed by atoms with Crippen molar-refractivity contribution in [1.82, 2.24) is 24.5 Å². The summed E-state index contributed by atoms with van der Waals surface area (Å²) in [7, 11) is 0. The van der Waals surface area contributed by atoms with Gasteiger partial charge >= 0.3 is 0 Å². The summed E-state index contributed by atoms with van der Waals surface area (Å²) < 4.78 is 3.55. The predicted octanol–water partition coefficient (Wildman–Crippen LogP) is 3.96. The number of rotatable bonds is 7. The molecule has 5 aromatic rings. The van der Waals surface area contributed by atoms with Crippen LogP contribution < -0.4 is 10.9 Å². The molecule has 0 unspecified atom stereocenters. The number of aromatic nitrogens is 4. The summed E-state index contributed by atoms with van der Waals surface area (Å²) in [6.07, 6.45) is 0.686. The molecular formula is C28H27N5O2. The maximum Gasteiger partial charge on any atom is 0.263 e. The van der Waals surface area contributed by atoms with Gasteiger partial charge in [0.25, 0.3) is 5.56 Å². The van der Waals surface area contributed by atoms with Crippen LogP contribution in [0.1, 0.15) is 34.5 Å². The van der Waals surface area contributed by atoms with Gasteiger partial charge in [0.1, 0.15) is 5.82 Å². The fourth-order valence-electron chi connectivity index (χ4n) is 4.22. The van der Waals surface area contributed by atoms with E-state index in [-0.39, 0.29) is 17.9 Å². The van der Waals surface area contributed by atoms with Crippen molar-refractivity contribution in [3.8, 4) is 0 Å². The van der Waals surface area contributed by atoms with Gasteiger partial charge in [0.05, 0.1) is 17.4 Å². The molecule has 7 heteroatoms. The first kappa shape index (κ1) is 22.5. The van der Waals surface area contributed by atoms with Crippen LogP contribution in [0, 0.1) is 13.8 Å². The molecule has 1 amide bonds. The average Bonchev–Trinajstić information content (AvgIpc) is 3.30. The van der Waals surface area contributed by atoms with Crippen LogP contribution in [-0.2, 0) is 24.3 Å². The quantitative estimate of drug-likeness (QED) is 0.395.